The van der Waals surface area contributed by atoms with Crippen molar-refractivity contribution in [1.29, 1.82) is 0 Å². The van der Waals surface area contributed by atoms with E-state index in [-0.39, 0.29) is 0 Å². The second-order valence-corrected chi connectivity index (χ2v) is 3.96. The Morgan fingerprint density at radius 2 is 1.71 bits per heavy atom. The second-order valence-electron chi connectivity index (χ2n) is 3.96. The molecule has 0 radical (unpaired) electrons. The minimum Gasteiger partial charge on any atom is -0.465 e. The van der Waals surface area contributed by atoms with Gasteiger partial charge in [-0.3, -0.25) is 5.32 Å². The van der Waals surface area contributed by atoms with Crippen LogP contribution in [0.25, 0.3) is 0 Å². The first-order chi connectivity index (χ1) is 8.17. The summed E-state index contributed by atoms with van der Waals surface area (Å²) in [6.45, 7) is 6.37. The van der Waals surface area contributed by atoms with E-state index in [4.69, 9.17) is 5.11 Å². The third kappa shape index (κ3) is 4.34. The standard InChI is InChI=1S/C13H20N2O2/c1-3-9-15(10-4-2)12-7-5-11(6-8-12)14-13(16)17/h5-8,14H,3-4,9-10H2,1-2H3,(H,16,17). The molecule has 0 aliphatic carbocycles. The topological polar surface area (TPSA) is 52.6 Å². The molecule has 0 atom stereocenters. The maximum absolute atomic E-state index is 10.5. The first-order valence-corrected chi connectivity index (χ1v) is 6.02. The molecule has 0 aliphatic rings. The zero-order valence-corrected chi connectivity index (χ0v) is 10.4. The van der Waals surface area contributed by atoms with E-state index in [2.05, 4.69) is 24.1 Å². The third-order valence-corrected chi connectivity index (χ3v) is 2.47. The maximum atomic E-state index is 10.5. The molecule has 1 rings (SSSR count). The summed E-state index contributed by atoms with van der Waals surface area (Å²) < 4.78 is 0. The van der Waals surface area contributed by atoms with Crippen LogP contribution in [0.4, 0.5) is 16.2 Å². The van der Waals surface area contributed by atoms with Gasteiger partial charge >= 0.3 is 6.09 Å². The largest absolute Gasteiger partial charge is 0.465 e. The second kappa shape index (κ2) is 6.78. The smallest absolute Gasteiger partial charge is 0.409 e. The fourth-order valence-corrected chi connectivity index (χ4v) is 1.79. The number of carbonyl (C=O) groups is 1. The van der Waals surface area contributed by atoms with Gasteiger partial charge < -0.3 is 10.0 Å². The summed E-state index contributed by atoms with van der Waals surface area (Å²) in [5, 5.41) is 10.9. The minimum atomic E-state index is -1.03. The van der Waals surface area contributed by atoms with Gasteiger partial charge in [0, 0.05) is 24.5 Å². The van der Waals surface area contributed by atoms with Gasteiger partial charge in [-0.1, -0.05) is 13.8 Å². The lowest BCUT2D eigenvalue weighted by molar-refractivity contribution is 0.210. The number of benzene rings is 1. The molecule has 0 spiro atoms. The number of hydrogen-bond acceptors (Lipinski definition) is 2. The normalized spacial score (nSPS) is 10.0. The van der Waals surface area contributed by atoms with Crippen LogP contribution >= 0.6 is 0 Å². The number of hydrogen-bond donors (Lipinski definition) is 2. The van der Waals surface area contributed by atoms with Crippen molar-refractivity contribution in [1.82, 2.24) is 0 Å². The van der Waals surface area contributed by atoms with E-state index < -0.39 is 6.09 Å². The molecular formula is C13H20N2O2. The summed E-state index contributed by atoms with van der Waals surface area (Å²) in [6.07, 6.45) is 1.18. The van der Waals surface area contributed by atoms with Crippen LogP contribution in [0.2, 0.25) is 0 Å². The predicted octanol–water partition coefficient (Wildman–Crippen LogP) is 3.40. The Labute approximate surface area is 102 Å². The number of nitrogens with one attached hydrogen (secondary N) is 1. The van der Waals surface area contributed by atoms with E-state index >= 15 is 0 Å². The molecule has 1 aromatic carbocycles. The van der Waals surface area contributed by atoms with E-state index in [1.807, 2.05) is 12.1 Å². The van der Waals surface area contributed by atoms with Gasteiger partial charge in [-0.05, 0) is 37.1 Å². The van der Waals surface area contributed by atoms with Gasteiger partial charge in [-0.15, -0.1) is 0 Å². The Hall–Kier alpha value is -1.71. The first-order valence-electron chi connectivity index (χ1n) is 6.02. The number of nitrogens with zero attached hydrogens (tertiary/aromatic N) is 1. The zero-order chi connectivity index (χ0) is 12.7. The van der Waals surface area contributed by atoms with Crippen molar-refractivity contribution in [3.8, 4) is 0 Å². The van der Waals surface area contributed by atoms with Crippen molar-refractivity contribution in [2.45, 2.75) is 26.7 Å². The minimum absolute atomic E-state index is 0.606. The van der Waals surface area contributed by atoms with Gasteiger partial charge in [0.05, 0.1) is 0 Å². The van der Waals surface area contributed by atoms with Crippen LogP contribution in [-0.4, -0.2) is 24.3 Å². The molecular weight excluding hydrogens is 216 g/mol. The van der Waals surface area contributed by atoms with E-state index in [9.17, 15) is 4.79 Å². The van der Waals surface area contributed by atoms with Crippen molar-refractivity contribution in [2.24, 2.45) is 0 Å². The SMILES string of the molecule is CCCN(CCC)c1ccc(NC(=O)O)cc1. The molecule has 0 saturated carbocycles. The zero-order valence-electron chi connectivity index (χ0n) is 10.4. The summed E-state index contributed by atoms with van der Waals surface area (Å²) in [5.74, 6) is 0. The quantitative estimate of drug-likeness (QED) is 0.795. The molecule has 94 valence electrons. The lowest BCUT2D eigenvalue weighted by Crippen LogP contribution is -2.24. The Balaban J connectivity index is 2.72. The molecule has 1 amide bonds. The van der Waals surface area contributed by atoms with Crippen molar-refractivity contribution < 1.29 is 9.90 Å². The van der Waals surface area contributed by atoms with Crippen molar-refractivity contribution in [3.63, 3.8) is 0 Å². The van der Waals surface area contributed by atoms with E-state index in [1.165, 1.54) is 0 Å². The highest BCUT2D eigenvalue weighted by atomic mass is 16.4. The molecule has 17 heavy (non-hydrogen) atoms. The first kappa shape index (κ1) is 13.4. The van der Waals surface area contributed by atoms with Crippen LogP contribution in [0.5, 0.6) is 0 Å². The molecule has 0 heterocycles. The monoisotopic (exact) mass is 236 g/mol. The number of amides is 1. The number of anilines is 2. The van der Waals surface area contributed by atoms with Crippen molar-refractivity contribution >= 4 is 17.5 Å². The summed E-state index contributed by atoms with van der Waals surface area (Å²) in [5.41, 5.74) is 1.75. The molecule has 1 aromatic rings. The van der Waals surface area contributed by atoms with E-state index in [0.29, 0.717) is 5.69 Å². The fraction of sp³-hybridized carbons (Fsp3) is 0.462. The maximum Gasteiger partial charge on any atom is 0.409 e. The molecule has 4 heteroatoms. The summed E-state index contributed by atoms with van der Waals surface area (Å²) in [4.78, 5) is 12.8. The molecule has 4 nitrogen and oxygen atoms in total. The Morgan fingerprint density at radius 1 is 1.18 bits per heavy atom. The Kier molecular flexibility index (Phi) is 5.33. The molecule has 0 bridgehead atoms. The molecule has 0 unspecified atom stereocenters. The molecule has 2 N–H and O–H groups in total. The predicted molar refractivity (Wildman–Crippen MR) is 70.9 cm³/mol. The molecule has 0 aromatic heterocycles. The number of carboxylic acid groups (broad SMARTS) is 1. The van der Waals surface area contributed by atoms with Gasteiger partial charge in [0.25, 0.3) is 0 Å². The summed E-state index contributed by atoms with van der Waals surface area (Å²) in [7, 11) is 0. The van der Waals surface area contributed by atoms with Crippen LogP contribution in [0.3, 0.4) is 0 Å². The van der Waals surface area contributed by atoms with Crippen molar-refractivity contribution in [3.05, 3.63) is 24.3 Å². The van der Waals surface area contributed by atoms with Gasteiger partial charge in [-0.2, -0.15) is 0 Å². The fourth-order valence-electron chi connectivity index (χ4n) is 1.79. The van der Waals surface area contributed by atoms with Crippen LogP contribution in [0.15, 0.2) is 24.3 Å². The lowest BCUT2D eigenvalue weighted by Gasteiger charge is -2.23. The summed E-state index contributed by atoms with van der Waals surface area (Å²) in [6, 6.07) is 7.50. The van der Waals surface area contributed by atoms with Crippen LogP contribution < -0.4 is 10.2 Å². The van der Waals surface area contributed by atoms with E-state index in [1.54, 1.807) is 12.1 Å². The number of rotatable bonds is 6. The highest BCUT2D eigenvalue weighted by molar-refractivity contribution is 5.83. The van der Waals surface area contributed by atoms with Gasteiger partial charge in [0.15, 0.2) is 0 Å². The Morgan fingerprint density at radius 3 is 2.12 bits per heavy atom. The van der Waals surface area contributed by atoms with Crippen LogP contribution in [0, 0.1) is 0 Å². The van der Waals surface area contributed by atoms with Gasteiger partial charge in [0.1, 0.15) is 0 Å². The highest BCUT2D eigenvalue weighted by Gasteiger charge is 2.04. The van der Waals surface area contributed by atoms with Crippen LogP contribution in [0.1, 0.15) is 26.7 Å². The van der Waals surface area contributed by atoms with Gasteiger partial charge in [0.2, 0.25) is 0 Å². The van der Waals surface area contributed by atoms with Crippen LogP contribution in [-0.2, 0) is 0 Å². The van der Waals surface area contributed by atoms with Crippen molar-refractivity contribution in [2.75, 3.05) is 23.3 Å². The average Bonchev–Trinajstić information content (AvgIpc) is 2.29. The highest BCUT2D eigenvalue weighted by Crippen LogP contribution is 2.18. The molecule has 0 fully saturated rings. The Bertz CT molecular complexity index is 343. The molecule has 0 saturated heterocycles. The third-order valence-electron chi connectivity index (χ3n) is 2.47. The van der Waals surface area contributed by atoms with E-state index in [0.717, 1.165) is 31.6 Å². The van der Waals surface area contributed by atoms with Gasteiger partial charge in [-0.25, -0.2) is 4.79 Å². The lowest BCUT2D eigenvalue weighted by atomic mass is 10.2. The summed E-state index contributed by atoms with van der Waals surface area (Å²) >= 11 is 0. The molecule has 0 aliphatic heterocycles. The average molecular weight is 236 g/mol.